The summed E-state index contributed by atoms with van der Waals surface area (Å²) >= 11 is 0. The van der Waals surface area contributed by atoms with E-state index in [1.54, 1.807) is 0 Å². The van der Waals surface area contributed by atoms with E-state index in [0.717, 1.165) is 23.6 Å². The third kappa shape index (κ3) is 1.56. The van der Waals surface area contributed by atoms with E-state index in [1.807, 2.05) is 0 Å². The van der Waals surface area contributed by atoms with Gasteiger partial charge in [0.15, 0.2) is 5.78 Å². The van der Waals surface area contributed by atoms with Crippen LogP contribution in [0.5, 0.6) is 0 Å². The molecule has 1 nitrogen and oxygen atoms in total. The van der Waals surface area contributed by atoms with Crippen molar-refractivity contribution in [3.63, 3.8) is 0 Å². The summed E-state index contributed by atoms with van der Waals surface area (Å²) in [6.07, 6.45) is 3.40. The highest BCUT2D eigenvalue weighted by molar-refractivity contribution is 6.88. The molecule has 2 aliphatic carbocycles. The van der Waals surface area contributed by atoms with Crippen molar-refractivity contribution in [1.29, 1.82) is 0 Å². The fourth-order valence-electron chi connectivity index (χ4n) is 2.92. The second-order valence-electron chi connectivity index (χ2n) is 5.92. The van der Waals surface area contributed by atoms with Crippen LogP contribution in [-0.4, -0.2) is 13.9 Å². The summed E-state index contributed by atoms with van der Waals surface area (Å²) in [7, 11) is -1.53. The summed E-state index contributed by atoms with van der Waals surface area (Å²) in [5.74, 6) is 0.241. The Bertz CT molecular complexity index is 444. The summed E-state index contributed by atoms with van der Waals surface area (Å²) in [6.45, 7) is 12.9. The van der Waals surface area contributed by atoms with Crippen LogP contribution in [0.25, 0.3) is 0 Å². The van der Waals surface area contributed by atoms with Crippen LogP contribution in [-0.2, 0) is 4.79 Å². The quantitative estimate of drug-likeness (QED) is 0.496. The number of rotatable bonds is 1. The van der Waals surface area contributed by atoms with E-state index >= 15 is 0 Å². The molecule has 0 N–H and O–H groups in total. The van der Waals surface area contributed by atoms with E-state index in [-0.39, 0.29) is 5.78 Å². The maximum Gasteiger partial charge on any atom is 0.185 e. The first-order valence-electron chi connectivity index (χ1n) is 6.01. The normalized spacial score (nSPS) is 22.0. The molecule has 2 rings (SSSR count). The predicted octanol–water partition coefficient (Wildman–Crippen LogP) is 3.80. The molecule has 0 spiro atoms. The molecule has 0 aromatic rings. The van der Waals surface area contributed by atoms with E-state index < -0.39 is 8.07 Å². The zero-order valence-corrected chi connectivity index (χ0v) is 11.7. The lowest BCUT2D eigenvalue weighted by molar-refractivity contribution is -0.111. The number of hydrogen-bond acceptors (Lipinski definition) is 1. The van der Waals surface area contributed by atoms with E-state index in [4.69, 9.17) is 0 Å². The monoisotopic (exact) mass is 232 g/mol. The zero-order valence-electron chi connectivity index (χ0n) is 10.7. The van der Waals surface area contributed by atoms with Crippen molar-refractivity contribution in [2.24, 2.45) is 0 Å². The summed E-state index contributed by atoms with van der Waals surface area (Å²) in [4.78, 5) is 12.3. The number of hydrogen-bond donors (Lipinski definition) is 0. The zero-order chi connectivity index (χ0) is 12.1. The van der Waals surface area contributed by atoms with Crippen molar-refractivity contribution >= 4 is 13.9 Å². The van der Waals surface area contributed by atoms with Gasteiger partial charge in [0.2, 0.25) is 0 Å². The molecule has 0 aromatic carbocycles. The van der Waals surface area contributed by atoms with Gasteiger partial charge in [-0.25, -0.2) is 0 Å². The first-order valence-corrected chi connectivity index (χ1v) is 9.51. The third-order valence-corrected chi connectivity index (χ3v) is 5.59. The minimum absolute atomic E-state index is 0.241. The lowest BCUT2D eigenvalue weighted by atomic mass is 9.88. The summed E-state index contributed by atoms with van der Waals surface area (Å²) in [5.41, 5.74) is 4.70. The van der Waals surface area contributed by atoms with Gasteiger partial charge in [0.25, 0.3) is 0 Å². The Morgan fingerprint density at radius 2 is 1.81 bits per heavy atom. The number of carbonyl (C=O) groups excluding carboxylic acids is 1. The number of allylic oxidation sites excluding steroid dienone is 5. The second-order valence-corrected chi connectivity index (χ2v) is 10.9. The van der Waals surface area contributed by atoms with Gasteiger partial charge in [0.05, 0.1) is 8.07 Å². The molecule has 0 heterocycles. The van der Waals surface area contributed by atoms with Gasteiger partial charge in [-0.15, -0.1) is 0 Å². The molecule has 0 bridgehead atoms. The second kappa shape index (κ2) is 3.56. The lowest BCUT2D eigenvalue weighted by Crippen LogP contribution is -2.28. The van der Waals surface area contributed by atoms with Gasteiger partial charge in [-0.1, -0.05) is 31.8 Å². The summed E-state index contributed by atoms with van der Waals surface area (Å²) < 4.78 is 0. The van der Waals surface area contributed by atoms with Crippen LogP contribution in [0.15, 0.2) is 34.1 Å². The lowest BCUT2D eigenvalue weighted by Gasteiger charge is -2.21. The fraction of sp³-hybridized carbons (Fsp3) is 0.500. The van der Waals surface area contributed by atoms with Crippen LogP contribution < -0.4 is 0 Å². The Morgan fingerprint density at radius 1 is 1.19 bits per heavy atom. The van der Waals surface area contributed by atoms with E-state index in [2.05, 4.69) is 33.1 Å². The molecule has 0 fully saturated rings. The SMILES string of the molecule is C=C1C(=O)C([Si](C)(C)C)=C2CCCC(C)=C12. The molecule has 0 saturated carbocycles. The van der Waals surface area contributed by atoms with E-state index in [9.17, 15) is 4.79 Å². The van der Waals surface area contributed by atoms with Crippen molar-refractivity contribution < 1.29 is 4.79 Å². The molecule has 0 saturated heterocycles. The topological polar surface area (TPSA) is 17.1 Å². The van der Waals surface area contributed by atoms with E-state index in [1.165, 1.54) is 23.1 Å². The maximum absolute atomic E-state index is 12.3. The standard InChI is InChI=1S/C14H20OSi/c1-9-7-6-8-11-12(9)10(2)13(15)14(11)16(3,4)5/h2,6-8H2,1,3-5H3. The largest absolute Gasteiger partial charge is 0.289 e. The molecule has 0 aliphatic heterocycles. The van der Waals surface area contributed by atoms with Crippen molar-refractivity contribution in [1.82, 2.24) is 0 Å². The van der Waals surface area contributed by atoms with Crippen molar-refractivity contribution in [3.05, 3.63) is 34.1 Å². The molecule has 86 valence electrons. The van der Waals surface area contributed by atoms with Gasteiger partial charge in [-0.05, 0) is 42.5 Å². The molecule has 0 aromatic heterocycles. The molecular formula is C14H20OSi. The van der Waals surface area contributed by atoms with Gasteiger partial charge in [0, 0.05) is 5.57 Å². The third-order valence-electron chi connectivity index (χ3n) is 3.56. The molecular weight excluding hydrogens is 212 g/mol. The van der Waals surface area contributed by atoms with Crippen LogP contribution in [0.1, 0.15) is 26.2 Å². The number of Topliss-reactive ketones (excluding diaryl/α,β-unsaturated/α-hetero) is 1. The Labute approximate surface area is 98.9 Å². The minimum Gasteiger partial charge on any atom is -0.289 e. The van der Waals surface area contributed by atoms with Crippen LogP contribution in [0.4, 0.5) is 0 Å². The number of carbonyl (C=O) groups is 1. The smallest absolute Gasteiger partial charge is 0.185 e. The molecule has 0 unspecified atom stereocenters. The van der Waals surface area contributed by atoms with Crippen LogP contribution in [0.3, 0.4) is 0 Å². The van der Waals surface area contributed by atoms with Gasteiger partial charge in [-0.3, -0.25) is 4.79 Å². The van der Waals surface area contributed by atoms with Crippen LogP contribution in [0.2, 0.25) is 19.6 Å². The highest BCUT2D eigenvalue weighted by Crippen LogP contribution is 2.44. The molecule has 2 heteroatoms. The highest BCUT2D eigenvalue weighted by atomic mass is 28.3. The molecule has 0 amide bonds. The number of ketones is 1. The Balaban J connectivity index is 2.68. The number of fused-ring (bicyclic) bond motifs is 1. The first kappa shape index (κ1) is 11.6. The Kier molecular flexibility index (Phi) is 2.58. The highest BCUT2D eigenvalue weighted by Gasteiger charge is 2.39. The van der Waals surface area contributed by atoms with Crippen molar-refractivity contribution in [2.75, 3.05) is 0 Å². The van der Waals surface area contributed by atoms with Crippen LogP contribution in [0, 0.1) is 0 Å². The Hall–Kier alpha value is -0.893. The molecule has 0 radical (unpaired) electrons. The first-order chi connectivity index (χ1) is 7.34. The molecule has 16 heavy (non-hydrogen) atoms. The van der Waals surface area contributed by atoms with Gasteiger partial charge in [-0.2, -0.15) is 0 Å². The summed E-state index contributed by atoms with van der Waals surface area (Å²) in [5, 5.41) is 1.14. The minimum atomic E-state index is -1.53. The van der Waals surface area contributed by atoms with Gasteiger partial charge in [0.1, 0.15) is 0 Å². The maximum atomic E-state index is 12.3. The Morgan fingerprint density at radius 3 is 2.38 bits per heavy atom. The van der Waals surface area contributed by atoms with Gasteiger partial charge >= 0.3 is 0 Å². The molecule has 2 aliphatic rings. The van der Waals surface area contributed by atoms with E-state index in [0.29, 0.717) is 0 Å². The van der Waals surface area contributed by atoms with Crippen molar-refractivity contribution in [2.45, 2.75) is 45.8 Å². The van der Waals surface area contributed by atoms with Gasteiger partial charge < -0.3 is 0 Å². The summed E-state index contributed by atoms with van der Waals surface area (Å²) in [6, 6.07) is 0. The predicted molar refractivity (Wildman–Crippen MR) is 71.1 cm³/mol. The molecule has 0 atom stereocenters. The van der Waals surface area contributed by atoms with Crippen LogP contribution >= 0.6 is 0 Å². The van der Waals surface area contributed by atoms with Crippen molar-refractivity contribution in [3.8, 4) is 0 Å². The average molecular weight is 232 g/mol. The fourth-order valence-corrected chi connectivity index (χ4v) is 4.91. The average Bonchev–Trinajstić information content (AvgIpc) is 2.39.